The van der Waals surface area contributed by atoms with Gasteiger partial charge in [0, 0.05) is 10.5 Å². The predicted octanol–water partition coefficient (Wildman–Crippen LogP) is 3.77. The first-order valence-electron chi connectivity index (χ1n) is 6.25. The number of nitrogens with zero attached hydrogens (tertiary/aromatic N) is 1. The molecule has 0 bridgehead atoms. The first-order chi connectivity index (χ1) is 10.2. The second-order valence-corrected chi connectivity index (χ2v) is 7.36. The van der Waals surface area contributed by atoms with E-state index in [9.17, 15) is 18.5 Å². The van der Waals surface area contributed by atoms with Crippen molar-refractivity contribution in [2.24, 2.45) is 0 Å². The molecule has 1 N–H and O–H groups in total. The minimum atomic E-state index is -4.06. The van der Waals surface area contributed by atoms with Crippen LogP contribution in [0.2, 0.25) is 0 Å². The molecular formula is C14H13BrN2O4S. The van der Waals surface area contributed by atoms with E-state index in [0.717, 1.165) is 17.2 Å². The number of rotatable bonds is 4. The van der Waals surface area contributed by atoms with Gasteiger partial charge in [-0.2, -0.15) is 0 Å². The molecule has 2 aromatic rings. The Morgan fingerprint density at radius 1 is 1.14 bits per heavy atom. The Labute approximate surface area is 136 Å². The molecule has 0 amide bonds. The van der Waals surface area contributed by atoms with E-state index in [0.29, 0.717) is 10.2 Å². The monoisotopic (exact) mass is 384 g/mol. The van der Waals surface area contributed by atoms with Crippen molar-refractivity contribution in [3.8, 4) is 0 Å². The van der Waals surface area contributed by atoms with Gasteiger partial charge in [-0.3, -0.25) is 14.8 Å². The molecule has 0 atom stereocenters. The number of nitro benzene ring substituents is 1. The van der Waals surface area contributed by atoms with Gasteiger partial charge in [0.15, 0.2) is 4.90 Å². The molecule has 8 heteroatoms. The normalized spacial score (nSPS) is 11.2. The average molecular weight is 385 g/mol. The van der Waals surface area contributed by atoms with Crippen molar-refractivity contribution < 1.29 is 13.3 Å². The molecule has 2 rings (SSSR count). The van der Waals surface area contributed by atoms with Crippen LogP contribution in [0, 0.1) is 24.0 Å². The van der Waals surface area contributed by atoms with Gasteiger partial charge in [-0.25, -0.2) is 8.42 Å². The Hall–Kier alpha value is -1.93. The number of benzene rings is 2. The highest BCUT2D eigenvalue weighted by atomic mass is 79.9. The van der Waals surface area contributed by atoms with Crippen molar-refractivity contribution in [2.75, 3.05) is 4.72 Å². The molecule has 22 heavy (non-hydrogen) atoms. The SMILES string of the molecule is Cc1ccc(C)c(NS(=O)(=O)c2ccc(Br)cc2[N+](=O)[O-])c1. The van der Waals surface area contributed by atoms with E-state index < -0.39 is 20.6 Å². The van der Waals surface area contributed by atoms with Gasteiger partial charge >= 0.3 is 0 Å². The van der Waals surface area contributed by atoms with Crippen LogP contribution < -0.4 is 4.72 Å². The highest BCUT2D eigenvalue weighted by Gasteiger charge is 2.26. The van der Waals surface area contributed by atoms with Gasteiger partial charge in [0.05, 0.1) is 10.6 Å². The van der Waals surface area contributed by atoms with Crippen LogP contribution in [0.5, 0.6) is 0 Å². The van der Waals surface area contributed by atoms with Crippen LogP contribution in [-0.2, 0) is 10.0 Å². The third-order valence-corrected chi connectivity index (χ3v) is 4.95. The average Bonchev–Trinajstić information content (AvgIpc) is 2.42. The van der Waals surface area contributed by atoms with Gasteiger partial charge in [-0.1, -0.05) is 28.1 Å². The van der Waals surface area contributed by atoms with Gasteiger partial charge in [-0.05, 0) is 43.2 Å². The third kappa shape index (κ3) is 3.45. The lowest BCUT2D eigenvalue weighted by atomic mass is 10.1. The molecule has 0 saturated carbocycles. The maximum Gasteiger partial charge on any atom is 0.291 e. The fourth-order valence-corrected chi connectivity index (χ4v) is 3.53. The zero-order valence-corrected chi connectivity index (χ0v) is 14.2. The number of aryl methyl sites for hydroxylation is 2. The summed E-state index contributed by atoms with van der Waals surface area (Å²) in [5.41, 5.74) is 1.53. The summed E-state index contributed by atoms with van der Waals surface area (Å²) in [4.78, 5) is 9.99. The number of halogens is 1. The van der Waals surface area contributed by atoms with E-state index >= 15 is 0 Å². The van der Waals surface area contributed by atoms with E-state index in [1.807, 2.05) is 13.0 Å². The van der Waals surface area contributed by atoms with E-state index in [1.165, 1.54) is 12.1 Å². The first kappa shape index (κ1) is 16.4. The number of anilines is 1. The van der Waals surface area contributed by atoms with Gasteiger partial charge in [0.25, 0.3) is 15.7 Å². The van der Waals surface area contributed by atoms with Crippen molar-refractivity contribution in [3.05, 3.63) is 62.1 Å². The second-order valence-electron chi connectivity index (χ2n) is 4.79. The second kappa shape index (κ2) is 6.05. The zero-order valence-electron chi connectivity index (χ0n) is 11.8. The fraction of sp³-hybridized carbons (Fsp3) is 0.143. The summed E-state index contributed by atoms with van der Waals surface area (Å²) < 4.78 is 27.8. The first-order valence-corrected chi connectivity index (χ1v) is 8.52. The van der Waals surface area contributed by atoms with Crippen LogP contribution in [0.3, 0.4) is 0 Å². The van der Waals surface area contributed by atoms with Crippen LogP contribution in [0.15, 0.2) is 45.8 Å². The summed E-state index contributed by atoms with van der Waals surface area (Å²) in [6.45, 7) is 3.59. The Morgan fingerprint density at radius 2 is 1.82 bits per heavy atom. The maximum absolute atomic E-state index is 12.5. The van der Waals surface area contributed by atoms with Crippen molar-refractivity contribution in [1.29, 1.82) is 0 Å². The molecule has 0 aliphatic heterocycles. The molecule has 0 aliphatic carbocycles. The lowest BCUT2D eigenvalue weighted by molar-refractivity contribution is -0.387. The number of nitro groups is 1. The quantitative estimate of drug-likeness (QED) is 0.641. The van der Waals surface area contributed by atoms with Crippen molar-refractivity contribution in [1.82, 2.24) is 0 Å². The summed E-state index contributed by atoms with van der Waals surface area (Å²) in [6.07, 6.45) is 0. The highest BCUT2D eigenvalue weighted by molar-refractivity contribution is 9.10. The third-order valence-electron chi connectivity index (χ3n) is 3.04. The molecule has 0 aromatic heterocycles. The molecular weight excluding hydrogens is 372 g/mol. The largest absolute Gasteiger partial charge is 0.291 e. The number of sulfonamides is 1. The molecule has 0 aliphatic rings. The van der Waals surface area contributed by atoms with Crippen LogP contribution in [0.1, 0.15) is 11.1 Å². The standard InChI is InChI=1S/C14H13BrN2O4S/c1-9-3-4-10(2)12(7-9)16-22(20,21)14-6-5-11(15)8-13(14)17(18)19/h3-8,16H,1-2H3. The van der Waals surface area contributed by atoms with Crippen LogP contribution in [0.4, 0.5) is 11.4 Å². The van der Waals surface area contributed by atoms with Crippen LogP contribution in [0.25, 0.3) is 0 Å². The smallest absolute Gasteiger partial charge is 0.279 e. The fourth-order valence-electron chi connectivity index (χ4n) is 1.91. The minimum absolute atomic E-state index is 0.374. The van der Waals surface area contributed by atoms with Gasteiger partial charge in [0.1, 0.15) is 0 Å². The zero-order chi connectivity index (χ0) is 16.5. The van der Waals surface area contributed by atoms with Crippen LogP contribution >= 0.6 is 15.9 Å². The molecule has 6 nitrogen and oxygen atoms in total. The Balaban J connectivity index is 2.52. The molecule has 0 spiro atoms. The summed E-state index contributed by atoms with van der Waals surface area (Å²) in [6, 6.07) is 9.13. The Kier molecular flexibility index (Phi) is 4.52. The lowest BCUT2D eigenvalue weighted by Gasteiger charge is -2.11. The molecule has 0 saturated heterocycles. The molecule has 0 heterocycles. The number of hydrogen-bond acceptors (Lipinski definition) is 4. The van der Waals surface area contributed by atoms with Gasteiger partial charge in [-0.15, -0.1) is 0 Å². The van der Waals surface area contributed by atoms with Crippen molar-refractivity contribution >= 4 is 37.3 Å². The maximum atomic E-state index is 12.5. The van der Waals surface area contributed by atoms with Crippen LogP contribution in [-0.4, -0.2) is 13.3 Å². The van der Waals surface area contributed by atoms with Crippen molar-refractivity contribution in [3.63, 3.8) is 0 Å². The number of hydrogen-bond donors (Lipinski definition) is 1. The lowest BCUT2D eigenvalue weighted by Crippen LogP contribution is -2.15. The Morgan fingerprint density at radius 3 is 2.45 bits per heavy atom. The highest BCUT2D eigenvalue weighted by Crippen LogP contribution is 2.29. The molecule has 0 unspecified atom stereocenters. The van der Waals surface area contributed by atoms with E-state index in [-0.39, 0.29) is 4.90 Å². The minimum Gasteiger partial charge on any atom is -0.279 e. The van der Waals surface area contributed by atoms with E-state index in [4.69, 9.17) is 0 Å². The molecule has 116 valence electrons. The topological polar surface area (TPSA) is 89.3 Å². The Bertz CT molecular complexity index is 850. The van der Waals surface area contributed by atoms with Crippen molar-refractivity contribution in [2.45, 2.75) is 18.7 Å². The number of nitrogens with one attached hydrogen (secondary N) is 1. The summed E-state index contributed by atoms with van der Waals surface area (Å²) in [5.74, 6) is 0. The van der Waals surface area contributed by atoms with E-state index in [1.54, 1.807) is 19.1 Å². The molecule has 0 fully saturated rings. The predicted molar refractivity (Wildman–Crippen MR) is 87.5 cm³/mol. The van der Waals surface area contributed by atoms with E-state index in [2.05, 4.69) is 20.7 Å². The summed E-state index contributed by atoms with van der Waals surface area (Å²) >= 11 is 3.10. The summed E-state index contributed by atoms with van der Waals surface area (Å²) in [7, 11) is -4.06. The van der Waals surface area contributed by atoms with Gasteiger partial charge < -0.3 is 0 Å². The van der Waals surface area contributed by atoms with Gasteiger partial charge in [0.2, 0.25) is 0 Å². The molecule has 0 radical (unpaired) electrons. The molecule has 2 aromatic carbocycles. The summed E-state index contributed by atoms with van der Waals surface area (Å²) in [5, 5.41) is 11.1.